The van der Waals surface area contributed by atoms with Crippen LogP contribution in [0.3, 0.4) is 0 Å². The van der Waals surface area contributed by atoms with E-state index in [0.717, 1.165) is 5.52 Å². The van der Waals surface area contributed by atoms with Gasteiger partial charge < -0.3 is 4.42 Å². The normalized spacial score (nSPS) is 10.4. The Kier molecular flexibility index (Phi) is 0.887. The summed E-state index contributed by atoms with van der Waals surface area (Å²) in [5.74, 6) is 0. The maximum Gasteiger partial charge on any atom is 0.246 e. The first-order valence-corrected chi connectivity index (χ1v) is 2.79. The van der Waals surface area contributed by atoms with E-state index in [1.807, 2.05) is 0 Å². The van der Waals surface area contributed by atoms with Gasteiger partial charge >= 0.3 is 0 Å². The van der Waals surface area contributed by atoms with Crippen molar-refractivity contribution in [3.8, 4) is 0 Å². The van der Waals surface area contributed by atoms with Gasteiger partial charge in [0.25, 0.3) is 0 Å². The quantitative estimate of drug-likeness (QED) is 0.549. The molecule has 0 amide bonds. The van der Waals surface area contributed by atoms with Gasteiger partial charge in [-0.05, 0) is 0 Å². The standard InChI is InChI=1S/C6H5N3O/c1-7-9-4-8-6-5(9)2-3-10-6/h2-4H,1H2. The topological polar surface area (TPSA) is 43.3 Å². The number of hydrogen-bond acceptors (Lipinski definition) is 3. The maximum atomic E-state index is 4.98. The second-order valence-electron chi connectivity index (χ2n) is 1.84. The molecule has 0 fully saturated rings. The molecule has 0 saturated carbocycles. The number of rotatable bonds is 1. The Bertz CT molecular complexity index is 360. The van der Waals surface area contributed by atoms with Crippen LogP contribution in [0.2, 0.25) is 0 Å². The molecule has 0 unspecified atom stereocenters. The molecule has 50 valence electrons. The summed E-state index contributed by atoms with van der Waals surface area (Å²) >= 11 is 0. The van der Waals surface area contributed by atoms with Gasteiger partial charge in [-0.3, -0.25) is 0 Å². The zero-order valence-corrected chi connectivity index (χ0v) is 5.19. The van der Waals surface area contributed by atoms with Crippen LogP contribution in [0.4, 0.5) is 0 Å². The van der Waals surface area contributed by atoms with Crippen molar-refractivity contribution in [3.63, 3.8) is 0 Å². The summed E-state index contributed by atoms with van der Waals surface area (Å²) in [5, 5.41) is 3.68. The molecule has 0 aromatic carbocycles. The molecule has 2 aromatic heterocycles. The number of imidazole rings is 1. The van der Waals surface area contributed by atoms with Crippen LogP contribution in [0, 0.1) is 0 Å². The predicted octanol–water partition coefficient (Wildman–Crippen LogP) is 1.09. The Labute approximate surface area is 56.8 Å². The molecule has 4 nitrogen and oxygen atoms in total. The molecule has 2 aromatic rings. The number of furan rings is 1. The first kappa shape index (κ1) is 5.22. The van der Waals surface area contributed by atoms with Crippen molar-refractivity contribution in [1.82, 2.24) is 9.66 Å². The highest BCUT2D eigenvalue weighted by molar-refractivity contribution is 5.68. The Morgan fingerprint density at radius 3 is 3.40 bits per heavy atom. The van der Waals surface area contributed by atoms with Crippen LogP contribution < -0.4 is 0 Å². The van der Waals surface area contributed by atoms with Gasteiger partial charge in [-0.15, -0.1) is 0 Å². The monoisotopic (exact) mass is 135 g/mol. The Hall–Kier alpha value is -1.58. The summed E-state index contributed by atoms with van der Waals surface area (Å²) in [4.78, 5) is 3.91. The second kappa shape index (κ2) is 1.70. The minimum Gasteiger partial charge on any atom is -0.445 e. The van der Waals surface area contributed by atoms with Crippen molar-refractivity contribution in [3.05, 3.63) is 18.7 Å². The van der Waals surface area contributed by atoms with Crippen LogP contribution >= 0.6 is 0 Å². The van der Waals surface area contributed by atoms with Crippen LogP contribution in [0.25, 0.3) is 11.2 Å². The molecule has 0 aliphatic heterocycles. The van der Waals surface area contributed by atoms with E-state index in [9.17, 15) is 0 Å². The number of hydrogen-bond donors (Lipinski definition) is 0. The summed E-state index contributed by atoms with van der Waals surface area (Å²) in [6.07, 6.45) is 3.13. The lowest BCUT2D eigenvalue weighted by Crippen LogP contribution is -1.79. The van der Waals surface area contributed by atoms with E-state index in [4.69, 9.17) is 4.42 Å². The lowest BCUT2D eigenvalue weighted by Gasteiger charge is -1.84. The van der Waals surface area contributed by atoms with E-state index in [1.165, 1.54) is 0 Å². The molecule has 2 heterocycles. The lowest BCUT2D eigenvalue weighted by molar-refractivity contribution is 0.604. The van der Waals surface area contributed by atoms with Crippen molar-refractivity contribution in [2.45, 2.75) is 0 Å². The van der Waals surface area contributed by atoms with E-state index in [0.29, 0.717) is 5.71 Å². The van der Waals surface area contributed by atoms with Crippen molar-refractivity contribution in [2.24, 2.45) is 5.10 Å². The first-order valence-electron chi connectivity index (χ1n) is 2.79. The Morgan fingerprint density at radius 2 is 2.60 bits per heavy atom. The molecule has 0 aliphatic carbocycles. The third-order valence-electron chi connectivity index (χ3n) is 1.31. The third-order valence-corrected chi connectivity index (χ3v) is 1.31. The van der Waals surface area contributed by atoms with Gasteiger partial charge in [-0.1, -0.05) is 0 Å². The van der Waals surface area contributed by atoms with Crippen LogP contribution in [0.1, 0.15) is 0 Å². The highest BCUT2D eigenvalue weighted by atomic mass is 16.3. The Balaban J connectivity index is 2.88. The van der Waals surface area contributed by atoms with Gasteiger partial charge in [0, 0.05) is 12.8 Å². The van der Waals surface area contributed by atoms with Gasteiger partial charge in [0.1, 0.15) is 11.8 Å². The van der Waals surface area contributed by atoms with E-state index in [-0.39, 0.29) is 0 Å². The molecule has 0 radical (unpaired) electrons. The van der Waals surface area contributed by atoms with E-state index < -0.39 is 0 Å². The lowest BCUT2D eigenvalue weighted by atomic mass is 10.6. The van der Waals surface area contributed by atoms with Gasteiger partial charge in [0.05, 0.1) is 6.26 Å². The van der Waals surface area contributed by atoms with E-state index in [1.54, 1.807) is 23.3 Å². The molecule has 2 rings (SSSR count). The van der Waals surface area contributed by atoms with E-state index >= 15 is 0 Å². The largest absolute Gasteiger partial charge is 0.445 e. The summed E-state index contributed by atoms with van der Waals surface area (Å²) < 4.78 is 6.54. The van der Waals surface area contributed by atoms with Crippen LogP contribution in [0.5, 0.6) is 0 Å². The fraction of sp³-hybridized carbons (Fsp3) is 0. The molecule has 0 N–H and O–H groups in total. The van der Waals surface area contributed by atoms with Crippen LogP contribution in [0.15, 0.2) is 28.2 Å². The van der Waals surface area contributed by atoms with Crippen molar-refractivity contribution >= 4 is 17.9 Å². The summed E-state index contributed by atoms with van der Waals surface area (Å²) in [7, 11) is 0. The number of nitrogens with zero attached hydrogens (tertiary/aromatic N) is 3. The van der Waals surface area contributed by atoms with Crippen LogP contribution in [-0.4, -0.2) is 16.4 Å². The molecular weight excluding hydrogens is 130 g/mol. The number of aromatic nitrogens is 2. The molecular formula is C6H5N3O. The summed E-state index contributed by atoms with van der Waals surface area (Å²) in [6.45, 7) is 3.36. The molecule has 4 heteroatoms. The fourth-order valence-corrected chi connectivity index (χ4v) is 0.848. The average molecular weight is 135 g/mol. The van der Waals surface area contributed by atoms with Crippen molar-refractivity contribution in [2.75, 3.05) is 0 Å². The van der Waals surface area contributed by atoms with Crippen molar-refractivity contribution in [1.29, 1.82) is 0 Å². The van der Waals surface area contributed by atoms with Gasteiger partial charge in [-0.25, -0.2) is 4.68 Å². The average Bonchev–Trinajstić information content (AvgIpc) is 2.44. The minimum absolute atomic E-state index is 0.590. The maximum absolute atomic E-state index is 4.98. The molecule has 0 saturated heterocycles. The predicted molar refractivity (Wildman–Crippen MR) is 36.9 cm³/mol. The second-order valence-corrected chi connectivity index (χ2v) is 1.84. The summed E-state index contributed by atoms with van der Waals surface area (Å²) in [6, 6.07) is 1.79. The van der Waals surface area contributed by atoms with Gasteiger partial charge in [0.15, 0.2) is 0 Å². The molecule has 0 atom stereocenters. The Morgan fingerprint density at radius 1 is 1.70 bits per heavy atom. The van der Waals surface area contributed by atoms with Gasteiger partial charge in [-0.2, -0.15) is 10.1 Å². The molecule has 10 heavy (non-hydrogen) atoms. The fourth-order valence-electron chi connectivity index (χ4n) is 0.848. The first-order chi connectivity index (χ1) is 4.92. The number of fused-ring (bicyclic) bond motifs is 1. The van der Waals surface area contributed by atoms with Gasteiger partial charge in [0.2, 0.25) is 5.71 Å². The smallest absolute Gasteiger partial charge is 0.246 e. The van der Waals surface area contributed by atoms with E-state index in [2.05, 4.69) is 16.8 Å². The SMILES string of the molecule is C=Nn1cnc2occc21. The zero-order valence-electron chi connectivity index (χ0n) is 5.19. The third kappa shape index (κ3) is 0.500. The zero-order chi connectivity index (χ0) is 6.97. The van der Waals surface area contributed by atoms with Crippen LogP contribution in [-0.2, 0) is 0 Å². The molecule has 0 aliphatic rings. The highest BCUT2D eigenvalue weighted by Gasteiger charge is 2.01. The molecule has 0 spiro atoms. The molecule has 0 bridgehead atoms. The minimum atomic E-state index is 0.590. The summed E-state index contributed by atoms with van der Waals surface area (Å²) in [5.41, 5.74) is 1.43. The highest BCUT2D eigenvalue weighted by Crippen LogP contribution is 2.11. The van der Waals surface area contributed by atoms with Crippen molar-refractivity contribution < 1.29 is 4.42 Å².